The Labute approximate surface area is 714 Å². The van der Waals surface area contributed by atoms with Crippen molar-refractivity contribution in [2.45, 2.75) is 171 Å². The smallest absolute Gasteiger partial charge is 0.333 e. The third kappa shape index (κ3) is 32.3. The van der Waals surface area contributed by atoms with Crippen molar-refractivity contribution < 1.29 is 106 Å². The lowest BCUT2D eigenvalue weighted by atomic mass is 9.85. The van der Waals surface area contributed by atoms with E-state index >= 15 is 0 Å². The number of methoxy groups -OCH3 is 4. The monoisotopic (exact) mass is 1720 g/mol. The molecule has 636 valence electrons. The van der Waals surface area contributed by atoms with Crippen molar-refractivity contribution in [1.82, 2.24) is 0 Å². The molecule has 0 aliphatic rings. The van der Waals surface area contributed by atoms with Crippen LogP contribution in [-0.4, -0.2) is 173 Å². The lowest BCUT2D eigenvalue weighted by Crippen LogP contribution is -2.41. The van der Waals surface area contributed by atoms with Gasteiger partial charge in [-0.05, 0) is 185 Å². The van der Waals surface area contributed by atoms with Crippen LogP contribution in [0.1, 0.15) is 172 Å². The van der Waals surface area contributed by atoms with Crippen molar-refractivity contribution in [3.8, 4) is 23.0 Å². The first kappa shape index (κ1) is 101. The highest BCUT2D eigenvalue weighted by molar-refractivity contribution is 8.00. The van der Waals surface area contributed by atoms with Crippen LogP contribution in [0.4, 0.5) is 0 Å². The molecule has 0 heterocycles. The summed E-state index contributed by atoms with van der Waals surface area (Å²) in [6, 6.07) is 34.3. The third-order valence-electron chi connectivity index (χ3n) is 17.8. The number of rotatable bonds is 50. The van der Waals surface area contributed by atoms with Crippen LogP contribution in [-0.2, 0) is 74.0 Å². The van der Waals surface area contributed by atoms with Crippen molar-refractivity contribution in [2.24, 2.45) is 0 Å². The molecule has 117 heavy (non-hydrogen) atoms. The van der Waals surface area contributed by atoms with Gasteiger partial charge < -0.3 is 62.7 Å². The molecule has 6 rings (SSSR count). The number of ketones is 3. The number of esters is 6. The van der Waals surface area contributed by atoms with Gasteiger partial charge in [-0.1, -0.05) is 109 Å². The lowest BCUT2D eigenvalue weighted by Gasteiger charge is -2.29. The number of ether oxygens (including phenoxy) is 10. The molecule has 0 bridgehead atoms. The minimum absolute atomic E-state index is 0.00689. The Kier molecular flexibility index (Phi) is 45.8. The summed E-state index contributed by atoms with van der Waals surface area (Å²) < 4.78 is 52.8. The van der Waals surface area contributed by atoms with E-state index in [1.165, 1.54) is 128 Å². The van der Waals surface area contributed by atoms with Crippen LogP contribution in [0.2, 0.25) is 0 Å². The zero-order valence-electron chi connectivity index (χ0n) is 69.3. The van der Waals surface area contributed by atoms with Crippen molar-refractivity contribution in [3.05, 3.63) is 191 Å². The molecule has 0 aliphatic carbocycles. The molecule has 0 saturated carbocycles. The minimum Gasteiger partial charge on any atom is -0.496 e. The van der Waals surface area contributed by atoms with Crippen LogP contribution < -0.4 is 18.9 Å². The summed E-state index contributed by atoms with van der Waals surface area (Å²) in [5, 5.41) is 35.3. The molecule has 0 radical (unpaired) electrons. The van der Waals surface area contributed by atoms with Gasteiger partial charge in [0.05, 0.1) is 53.8 Å². The van der Waals surface area contributed by atoms with Gasteiger partial charge in [0.25, 0.3) is 0 Å². The van der Waals surface area contributed by atoms with Gasteiger partial charge in [0, 0.05) is 82.0 Å². The van der Waals surface area contributed by atoms with Gasteiger partial charge in [-0.15, -0.1) is 70.6 Å². The molecule has 0 spiro atoms. The first-order valence-electron chi connectivity index (χ1n) is 38.0. The van der Waals surface area contributed by atoms with Gasteiger partial charge in [-0.25, -0.2) is 14.4 Å². The Balaban J connectivity index is 0.000000371. The Bertz CT molecular complexity index is 4300. The fourth-order valence-electron chi connectivity index (χ4n) is 11.0. The molecule has 28 heteroatoms. The van der Waals surface area contributed by atoms with Crippen LogP contribution in [0.5, 0.6) is 23.0 Å². The maximum Gasteiger partial charge on any atom is 0.333 e. The van der Waals surface area contributed by atoms with E-state index in [2.05, 4.69) is 33.6 Å². The first-order chi connectivity index (χ1) is 55.9. The predicted molar refractivity (Wildman–Crippen MR) is 464 cm³/mol. The Morgan fingerprint density at radius 1 is 0.359 bits per heavy atom. The van der Waals surface area contributed by atoms with Crippen molar-refractivity contribution >= 4 is 124 Å². The van der Waals surface area contributed by atoms with Gasteiger partial charge in [-0.3, -0.25) is 28.8 Å². The molecule has 0 amide bonds. The maximum absolute atomic E-state index is 13.8. The Morgan fingerprint density at radius 2 is 0.726 bits per heavy atom. The SMILES string of the molecule is C=C(C)C(=O)OCCCC(=O)OCC(O)(C(=O)c1ccc(SC)c(OC)c1)c1ccc(SC)c(OC)c1.C=C(C)C(=O)OCCCC(=O)OCC(O)(C(=O)c1ccc(SC)cc1OC)c1ccc(SC)cc1OC.C=C(C)C(=O)OCCCC(=O)OCC(O)(C(=O)c1ccc(SCCCCCC)cc1)c1ccc(SCCCCCC)cc1. The molecule has 3 N–H and O–H groups in total. The molecule has 6 aromatic rings. The average Bonchev–Trinajstić information content (AvgIpc) is 0.791. The van der Waals surface area contributed by atoms with E-state index in [0.29, 0.717) is 22.6 Å². The second-order valence-electron chi connectivity index (χ2n) is 26.7. The number of carbonyl (C=O) groups is 9. The zero-order chi connectivity index (χ0) is 86.7. The van der Waals surface area contributed by atoms with Crippen LogP contribution in [0.25, 0.3) is 0 Å². The molecular formula is C89H112O22S6. The zero-order valence-corrected chi connectivity index (χ0v) is 74.2. The van der Waals surface area contributed by atoms with Crippen LogP contribution in [0, 0.1) is 0 Å². The van der Waals surface area contributed by atoms with Crippen molar-refractivity contribution in [1.29, 1.82) is 0 Å². The quantitative estimate of drug-likeness (QED) is 0.00798. The van der Waals surface area contributed by atoms with E-state index in [1.807, 2.05) is 49.3 Å². The Morgan fingerprint density at radius 3 is 1.15 bits per heavy atom. The van der Waals surface area contributed by atoms with E-state index in [9.17, 15) is 58.5 Å². The first-order valence-corrected chi connectivity index (χ1v) is 44.9. The maximum atomic E-state index is 13.8. The van der Waals surface area contributed by atoms with Crippen LogP contribution in [0.3, 0.4) is 0 Å². The van der Waals surface area contributed by atoms with Crippen molar-refractivity contribution in [3.63, 3.8) is 0 Å². The second-order valence-corrected chi connectivity index (χ2v) is 32.5. The van der Waals surface area contributed by atoms with Gasteiger partial charge in [0.1, 0.15) is 42.8 Å². The third-order valence-corrected chi connectivity index (χ3v) is 23.0. The number of hydrogen-bond donors (Lipinski definition) is 3. The predicted octanol–water partition coefficient (Wildman–Crippen LogP) is 17.9. The molecule has 6 aromatic carbocycles. The van der Waals surface area contributed by atoms with Crippen LogP contribution >= 0.6 is 70.6 Å². The molecule has 0 saturated heterocycles. The number of thioether (sulfide) groups is 6. The lowest BCUT2D eigenvalue weighted by molar-refractivity contribution is -0.151. The summed E-state index contributed by atoms with van der Waals surface area (Å²) in [5.74, 6) is -1.90. The fourth-order valence-corrected chi connectivity index (χ4v) is 14.8. The molecule has 0 aromatic heterocycles. The number of unbranched alkanes of at least 4 members (excludes halogenated alkanes) is 6. The van der Waals surface area contributed by atoms with E-state index < -0.39 is 89.8 Å². The largest absolute Gasteiger partial charge is 0.496 e. The fraction of sp³-hybridized carbons (Fsp3) is 0.427. The number of Topliss-reactive ketones (excluding diaryl/α,β-unsaturated/α-hetero) is 3. The molecule has 0 aliphatic heterocycles. The van der Waals surface area contributed by atoms with E-state index in [-0.39, 0.29) is 109 Å². The van der Waals surface area contributed by atoms with Gasteiger partial charge in [0.15, 0.2) is 16.8 Å². The van der Waals surface area contributed by atoms with E-state index in [1.54, 1.807) is 128 Å². The standard InChI is InChI=1S/C35H48O6S2.2C27H32O8S2/c1-5-7-9-11-24-42-30-19-15-28(16-20-30)33(37)35(39,26-41-32(36)14-13-23-40-34(38)27(3)4)29-17-21-31(22-18-29)43-25-12-10-8-6-2;1-17(2)26(30)34-13-7-8-24(28)35-16-27(31,19-10-12-23(37-6)21(15-19)33-4)25(29)18-9-11-22(36-5)20(14-18)32-3;1-17(2)26(30)34-13-7-8-24(28)35-16-27(31,21-12-10-19(37-6)15-23(21)33-4)25(29)20-11-9-18(36-5)14-22(20)32-3/h15-22,39H,3,5-14,23-26H2,1-2,4H3;2*9-12,14-15,31H,1,7-8,13,16H2,2-6H3. The summed E-state index contributed by atoms with van der Waals surface area (Å²) in [6.45, 7) is 17.8. The van der Waals surface area contributed by atoms with E-state index in [0.717, 1.165) is 53.7 Å². The highest BCUT2D eigenvalue weighted by atomic mass is 32.2. The molecule has 22 nitrogen and oxygen atoms in total. The summed E-state index contributed by atoms with van der Waals surface area (Å²) in [4.78, 5) is 119. The second kappa shape index (κ2) is 53.2. The number of carbonyl (C=O) groups excluding carboxylic acids is 9. The van der Waals surface area contributed by atoms with Gasteiger partial charge >= 0.3 is 35.8 Å². The minimum atomic E-state index is -2.27. The normalized spacial score (nSPS) is 12.3. The summed E-state index contributed by atoms with van der Waals surface area (Å²) in [5.41, 5.74) is -4.33. The summed E-state index contributed by atoms with van der Waals surface area (Å²) >= 11 is 9.35. The molecule has 3 atom stereocenters. The van der Waals surface area contributed by atoms with Crippen molar-refractivity contribution in [2.75, 3.05) is 105 Å². The average molecular weight is 1730 g/mol. The highest BCUT2D eigenvalue weighted by Crippen LogP contribution is 2.41. The number of aliphatic hydroxyl groups is 3. The molecular weight excluding hydrogens is 1610 g/mol. The van der Waals surface area contributed by atoms with Crippen LogP contribution in [0.15, 0.2) is 187 Å². The van der Waals surface area contributed by atoms with Gasteiger partial charge in [-0.2, -0.15) is 0 Å². The number of benzene rings is 6. The highest BCUT2D eigenvalue weighted by Gasteiger charge is 2.45. The number of hydrogen-bond acceptors (Lipinski definition) is 28. The van der Waals surface area contributed by atoms with Gasteiger partial charge in [0.2, 0.25) is 17.3 Å². The summed E-state index contributed by atoms with van der Waals surface area (Å²) in [6.07, 6.45) is 17.6. The summed E-state index contributed by atoms with van der Waals surface area (Å²) in [7, 11) is 5.85. The Hall–Kier alpha value is -8.45. The van der Waals surface area contributed by atoms with E-state index in [4.69, 9.17) is 47.4 Å². The topological polar surface area (TPSA) is 307 Å². The molecule has 3 unspecified atom stereocenters. The molecule has 0 fully saturated rings.